The first kappa shape index (κ1) is 14.2. The molecule has 1 N–H and O–H groups in total. The van der Waals surface area contributed by atoms with Crippen LogP contribution in [0.15, 0.2) is 42.5 Å². The normalized spacial score (nSPS) is 10.1. The van der Waals surface area contributed by atoms with Crippen molar-refractivity contribution in [3.63, 3.8) is 0 Å². The predicted octanol–water partition coefficient (Wildman–Crippen LogP) is 3.63. The number of hydrogen-bond donors (Lipinski definition) is 1. The highest BCUT2D eigenvalue weighted by Crippen LogP contribution is 2.31. The first-order valence-electron chi connectivity index (χ1n) is 5.89. The molecule has 0 aliphatic heterocycles. The third-order valence-electron chi connectivity index (χ3n) is 2.70. The SMILES string of the molecule is COc1cccc(C(=O)O)c1OCc1cccc(Cl)c1. The Labute approximate surface area is 121 Å². The molecule has 0 saturated carbocycles. The molecule has 0 radical (unpaired) electrons. The van der Waals surface area contributed by atoms with E-state index in [2.05, 4.69) is 0 Å². The molecule has 4 nitrogen and oxygen atoms in total. The second-order valence-corrected chi connectivity index (χ2v) is 4.50. The van der Waals surface area contributed by atoms with Gasteiger partial charge in [-0.25, -0.2) is 4.79 Å². The van der Waals surface area contributed by atoms with Crippen molar-refractivity contribution in [2.45, 2.75) is 6.61 Å². The van der Waals surface area contributed by atoms with Gasteiger partial charge in [0.25, 0.3) is 0 Å². The number of carbonyl (C=O) groups is 1. The van der Waals surface area contributed by atoms with Crippen LogP contribution in [0.5, 0.6) is 11.5 Å². The molecule has 0 aliphatic carbocycles. The highest BCUT2D eigenvalue weighted by Gasteiger charge is 2.16. The van der Waals surface area contributed by atoms with E-state index in [1.165, 1.54) is 13.2 Å². The lowest BCUT2D eigenvalue weighted by atomic mass is 10.2. The van der Waals surface area contributed by atoms with Crippen LogP contribution in [0.4, 0.5) is 0 Å². The van der Waals surface area contributed by atoms with Gasteiger partial charge in [-0.15, -0.1) is 0 Å². The number of benzene rings is 2. The Morgan fingerprint density at radius 1 is 1.25 bits per heavy atom. The van der Waals surface area contributed by atoms with Crippen LogP contribution in [0.25, 0.3) is 0 Å². The number of carboxylic acid groups (broad SMARTS) is 1. The van der Waals surface area contributed by atoms with Gasteiger partial charge in [0.2, 0.25) is 0 Å². The Bertz CT molecular complexity index is 625. The van der Waals surface area contributed by atoms with Crippen LogP contribution >= 0.6 is 11.6 Å². The number of hydrogen-bond acceptors (Lipinski definition) is 3. The van der Waals surface area contributed by atoms with E-state index in [4.69, 9.17) is 21.1 Å². The average Bonchev–Trinajstić information content (AvgIpc) is 2.44. The molecule has 2 aromatic rings. The van der Waals surface area contributed by atoms with Gasteiger partial charge in [-0.05, 0) is 29.8 Å². The van der Waals surface area contributed by atoms with Gasteiger partial charge < -0.3 is 14.6 Å². The van der Waals surface area contributed by atoms with Gasteiger partial charge in [0.05, 0.1) is 7.11 Å². The van der Waals surface area contributed by atoms with Gasteiger partial charge in [-0.1, -0.05) is 29.8 Å². The molecule has 2 aromatic carbocycles. The molecule has 0 aliphatic rings. The minimum Gasteiger partial charge on any atom is -0.493 e. The molecule has 0 atom stereocenters. The zero-order valence-corrected chi connectivity index (χ0v) is 11.6. The molecular formula is C15H13ClO4. The summed E-state index contributed by atoms with van der Waals surface area (Å²) in [6.07, 6.45) is 0. The lowest BCUT2D eigenvalue weighted by Crippen LogP contribution is -2.05. The van der Waals surface area contributed by atoms with Crippen molar-refractivity contribution < 1.29 is 19.4 Å². The van der Waals surface area contributed by atoms with Crippen molar-refractivity contribution in [1.29, 1.82) is 0 Å². The second kappa shape index (κ2) is 6.30. The summed E-state index contributed by atoms with van der Waals surface area (Å²) >= 11 is 5.89. The minimum absolute atomic E-state index is 0.0615. The molecule has 5 heteroatoms. The van der Waals surface area contributed by atoms with Crippen LogP contribution in [0.1, 0.15) is 15.9 Å². The van der Waals surface area contributed by atoms with Gasteiger partial charge in [-0.2, -0.15) is 0 Å². The summed E-state index contributed by atoms with van der Waals surface area (Å²) < 4.78 is 10.7. The maximum Gasteiger partial charge on any atom is 0.339 e. The summed E-state index contributed by atoms with van der Waals surface area (Å²) in [4.78, 5) is 11.2. The third kappa shape index (κ3) is 3.22. The van der Waals surface area contributed by atoms with Crippen molar-refractivity contribution >= 4 is 17.6 Å². The van der Waals surface area contributed by atoms with Crippen LogP contribution in [0.3, 0.4) is 0 Å². The Morgan fingerprint density at radius 2 is 2.00 bits per heavy atom. The summed E-state index contributed by atoms with van der Waals surface area (Å²) in [5.74, 6) is -0.473. The monoisotopic (exact) mass is 292 g/mol. The number of rotatable bonds is 5. The van der Waals surface area contributed by atoms with Crippen LogP contribution in [0.2, 0.25) is 5.02 Å². The number of carboxylic acids is 1. The maximum absolute atomic E-state index is 11.2. The van der Waals surface area contributed by atoms with Crippen LogP contribution in [0, 0.1) is 0 Å². The molecule has 0 spiro atoms. The minimum atomic E-state index is -1.06. The fraction of sp³-hybridized carbons (Fsp3) is 0.133. The number of halogens is 1. The van der Waals surface area contributed by atoms with Crippen molar-refractivity contribution in [2.24, 2.45) is 0 Å². The summed E-state index contributed by atoms with van der Waals surface area (Å²) in [5.41, 5.74) is 0.908. The first-order valence-corrected chi connectivity index (χ1v) is 6.27. The lowest BCUT2D eigenvalue weighted by molar-refractivity contribution is 0.0691. The summed E-state index contributed by atoms with van der Waals surface area (Å²) in [5, 5.41) is 9.77. The fourth-order valence-corrected chi connectivity index (χ4v) is 1.99. The van der Waals surface area contributed by atoms with Gasteiger partial charge in [0.15, 0.2) is 11.5 Å². The van der Waals surface area contributed by atoms with E-state index < -0.39 is 5.97 Å². The van der Waals surface area contributed by atoms with E-state index in [0.717, 1.165) is 5.56 Å². The molecular weight excluding hydrogens is 280 g/mol. The predicted molar refractivity (Wildman–Crippen MR) is 75.7 cm³/mol. The molecule has 0 fully saturated rings. The second-order valence-electron chi connectivity index (χ2n) is 4.06. The van der Waals surface area contributed by atoms with Crippen molar-refractivity contribution in [1.82, 2.24) is 0 Å². The Kier molecular flexibility index (Phi) is 4.48. The average molecular weight is 293 g/mol. The van der Waals surface area contributed by atoms with Gasteiger partial charge in [-0.3, -0.25) is 0 Å². The quantitative estimate of drug-likeness (QED) is 0.914. The van der Waals surface area contributed by atoms with Crippen molar-refractivity contribution in [3.05, 3.63) is 58.6 Å². The molecule has 0 aromatic heterocycles. The Balaban J connectivity index is 2.26. The molecule has 0 heterocycles. The van der Waals surface area contributed by atoms with Gasteiger partial charge >= 0.3 is 5.97 Å². The lowest BCUT2D eigenvalue weighted by Gasteiger charge is -2.13. The van der Waals surface area contributed by atoms with Crippen LogP contribution < -0.4 is 9.47 Å². The third-order valence-corrected chi connectivity index (χ3v) is 2.94. The maximum atomic E-state index is 11.2. The van der Waals surface area contributed by atoms with E-state index in [0.29, 0.717) is 10.8 Å². The van der Waals surface area contributed by atoms with E-state index >= 15 is 0 Å². The number of methoxy groups -OCH3 is 1. The largest absolute Gasteiger partial charge is 0.493 e. The van der Waals surface area contributed by atoms with Crippen LogP contribution in [-0.4, -0.2) is 18.2 Å². The Morgan fingerprint density at radius 3 is 2.65 bits per heavy atom. The fourth-order valence-electron chi connectivity index (χ4n) is 1.78. The van der Waals surface area contributed by atoms with Crippen molar-refractivity contribution in [2.75, 3.05) is 7.11 Å². The highest BCUT2D eigenvalue weighted by molar-refractivity contribution is 6.30. The standard InChI is InChI=1S/C15H13ClO4/c1-19-13-7-3-6-12(15(17)18)14(13)20-9-10-4-2-5-11(16)8-10/h2-8H,9H2,1H3,(H,17,18). The summed E-state index contributed by atoms with van der Waals surface area (Å²) in [7, 11) is 1.47. The smallest absolute Gasteiger partial charge is 0.339 e. The van der Waals surface area contributed by atoms with E-state index in [9.17, 15) is 9.90 Å². The highest BCUT2D eigenvalue weighted by atomic mass is 35.5. The summed E-state index contributed by atoms with van der Waals surface area (Å²) in [6.45, 7) is 0.210. The van der Waals surface area contributed by atoms with Gasteiger partial charge in [0, 0.05) is 5.02 Å². The van der Waals surface area contributed by atoms with E-state index in [-0.39, 0.29) is 17.9 Å². The van der Waals surface area contributed by atoms with E-state index in [1.54, 1.807) is 30.3 Å². The number of para-hydroxylation sites is 1. The zero-order chi connectivity index (χ0) is 14.5. The molecule has 0 saturated heterocycles. The number of ether oxygens (including phenoxy) is 2. The zero-order valence-electron chi connectivity index (χ0n) is 10.8. The van der Waals surface area contributed by atoms with Crippen molar-refractivity contribution in [3.8, 4) is 11.5 Å². The van der Waals surface area contributed by atoms with Gasteiger partial charge in [0.1, 0.15) is 12.2 Å². The van der Waals surface area contributed by atoms with Crippen LogP contribution in [-0.2, 0) is 6.61 Å². The molecule has 2 rings (SSSR count). The molecule has 0 amide bonds. The van der Waals surface area contributed by atoms with E-state index in [1.807, 2.05) is 6.07 Å². The first-order chi connectivity index (χ1) is 9.61. The molecule has 0 unspecified atom stereocenters. The Hall–Kier alpha value is -2.20. The molecule has 20 heavy (non-hydrogen) atoms. The molecule has 0 bridgehead atoms. The molecule has 104 valence electrons. The topological polar surface area (TPSA) is 55.8 Å². The summed E-state index contributed by atoms with van der Waals surface area (Å²) in [6, 6.07) is 11.9. The number of aromatic carboxylic acids is 1.